The maximum Gasteiger partial charge on any atom is 0.334 e. The normalized spacial score (nSPS) is 19.9. The monoisotopic (exact) mass is 264 g/mol. The fourth-order valence-corrected chi connectivity index (χ4v) is 2.02. The van der Waals surface area contributed by atoms with Crippen LogP contribution in [-0.2, 0) is 16.1 Å². The average Bonchev–Trinajstić information content (AvgIpc) is 2.41. The lowest BCUT2D eigenvalue weighted by Gasteiger charge is -2.30. The van der Waals surface area contributed by atoms with Crippen molar-refractivity contribution in [2.24, 2.45) is 0 Å². The standard InChI is InChI=1S/C13H13FN2O3/c14-12-9(6-15)2-1-3-10(12)7-16-4-5-19-11(8-16)13(17)18/h1-3,11H,4-5,7-8H2,(H,17,18). The van der Waals surface area contributed by atoms with Gasteiger partial charge < -0.3 is 9.84 Å². The molecule has 0 aromatic heterocycles. The summed E-state index contributed by atoms with van der Waals surface area (Å²) >= 11 is 0. The van der Waals surface area contributed by atoms with Crippen LogP contribution in [0.25, 0.3) is 0 Å². The fourth-order valence-electron chi connectivity index (χ4n) is 2.02. The van der Waals surface area contributed by atoms with Crippen molar-refractivity contribution in [1.29, 1.82) is 5.26 Å². The molecule has 0 radical (unpaired) electrons. The van der Waals surface area contributed by atoms with Gasteiger partial charge in [0.15, 0.2) is 6.10 Å². The number of aliphatic carboxylic acids is 1. The molecule has 2 rings (SSSR count). The van der Waals surface area contributed by atoms with Gasteiger partial charge in [-0.25, -0.2) is 9.18 Å². The maximum absolute atomic E-state index is 13.9. The summed E-state index contributed by atoms with van der Waals surface area (Å²) in [5, 5.41) is 17.7. The summed E-state index contributed by atoms with van der Waals surface area (Å²) in [4.78, 5) is 12.7. The number of benzene rings is 1. The smallest absolute Gasteiger partial charge is 0.334 e. The van der Waals surface area contributed by atoms with Gasteiger partial charge in [0, 0.05) is 25.2 Å². The van der Waals surface area contributed by atoms with Gasteiger partial charge >= 0.3 is 5.97 Å². The van der Waals surface area contributed by atoms with Crippen LogP contribution < -0.4 is 0 Å². The fraction of sp³-hybridized carbons (Fsp3) is 0.385. The number of hydrogen-bond donors (Lipinski definition) is 1. The molecule has 1 heterocycles. The first kappa shape index (κ1) is 13.5. The number of rotatable bonds is 3. The first-order valence-corrected chi connectivity index (χ1v) is 5.86. The Morgan fingerprint density at radius 1 is 1.63 bits per heavy atom. The van der Waals surface area contributed by atoms with Gasteiger partial charge in [-0.15, -0.1) is 0 Å². The Labute approximate surface area is 109 Å². The summed E-state index contributed by atoms with van der Waals surface area (Å²) in [5.74, 6) is -1.56. The van der Waals surface area contributed by atoms with Gasteiger partial charge in [-0.3, -0.25) is 4.90 Å². The number of nitriles is 1. The molecule has 0 spiro atoms. The summed E-state index contributed by atoms with van der Waals surface area (Å²) < 4.78 is 19.0. The van der Waals surface area contributed by atoms with Gasteiger partial charge in [0.25, 0.3) is 0 Å². The van der Waals surface area contributed by atoms with E-state index >= 15 is 0 Å². The molecule has 0 saturated carbocycles. The maximum atomic E-state index is 13.9. The molecule has 19 heavy (non-hydrogen) atoms. The van der Waals surface area contributed by atoms with Crippen molar-refractivity contribution in [2.45, 2.75) is 12.6 Å². The van der Waals surface area contributed by atoms with E-state index in [4.69, 9.17) is 15.1 Å². The molecule has 0 amide bonds. The van der Waals surface area contributed by atoms with E-state index in [-0.39, 0.29) is 18.7 Å². The molecule has 6 heteroatoms. The summed E-state index contributed by atoms with van der Waals surface area (Å²) in [6, 6.07) is 6.42. The molecule has 1 fully saturated rings. The van der Waals surface area contributed by atoms with E-state index in [0.717, 1.165) is 0 Å². The van der Waals surface area contributed by atoms with Gasteiger partial charge in [0.1, 0.15) is 11.9 Å². The minimum absolute atomic E-state index is 0.000504. The number of halogens is 1. The predicted octanol–water partition coefficient (Wildman–Crippen LogP) is 0.983. The van der Waals surface area contributed by atoms with Gasteiger partial charge in [0.2, 0.25) is 0 Å². The lowest BCUT2D eigenvalue weighted by molar-refractivity contribution is -0.156. The van der Waals surface area contributed by atoms with Crippen molar-refractivity contribution in [3.63, 3.8) is 0 Å². The van der Waals surface area contributed by atoms with E-state index in [1.165, 1.54) is 6.07 Å². The predicted molar refractivity (Wildman–Crippen MR) is 63.8 cm³/mol. The molecule has 0 aliphatic carbocycles. The Bertz CT molecular complexity index is 527. The van der Waals surface area contributed by atoms with Crippen molar-refractivity contribution in [1.82, 2.24) is 4.90 Å². The summed E-state index contributed by atoms with van der Waals surface area (Å²) in [7, 11) is 0. The molecular formula is C13H13FN2O3. The van der Waals surface area contributed by atoms with Crippen LogP contribution in [0.2, 0.25) is 0 Å². The second kappa shape index (κ2) is 5.78. The summed E-state index contributed by atoms with van der Waals surface area (Å²) in [6.45, 7) is 1.33. The summed E-state index contributed by atoms with van der Waals surface area (Å²) in [5.41, 5.74) is 0.394. The molecular weight excluding hydrogens is 251 g/mol. The molecule has 1 aliphatic rings. The highest BCUT2D eigenvalue weighted by atomic mass is 19.1. The summed E-state index contributed by atoms with van der Waals surface area (Å²) in [6.07, 6.45) is -0.879. The zero-order chi connectivity index (χ0) is 13.8. The largest absolute Gasteiger partial charge is 0.479 e. The van der Waals surface area contributed by atoms with Gasteiger partial charge in [-0.1, -0.05) is 12.1 Å². The van der Waals surface area contributed by atoms with E-state index in [2.05, 4.69) is 0 Å². The Balaban J connectivity index is 2.09. The lowest BCUT2D eigenvalue weighted by Crippen LogP contribution is -2.45. The van der Waals surface area contributed by atoms with Crippen LogP contribution >= 0.6 is 0 Å². The van der Waals surface area contributed by atoms with E-state index < -0.39 is 17.9 Å². The molecule has 1 atom stereocenters. The highest BCUT2D eigenvalue weighted by Gasteiger charge is 2.26. The number of nitrogens with zero attached hydrogens (tertiary/aromatic N) is 2. The molecule has 1 saturated heterocycles. The average molecular weight is 264 g/mol. The van der Waals surface area contributed by atoms with Crippen molar-refractivity contribution >= 4 is 5.97 Å². The second-order valence-electron chi connectivity index (χ2n) is 4.32. The molecule has 1 aliphatic heterocycles. The molecule has 5 nitrogen and oxygen atoms in total. The third kappa shape index (κ3) is 3.08. The Kier molecular flexibility index (Phi) is 4.10. The number of carbonyl (C=O) groups is 1. The second-order valence-corrected chi connectivity index (χ2v) is 4.32. The zero-order valence-electron chi connectivity index (χ0n) is 10.2. The van der Waals surface area contributed by atoms with Crippen molar-refractivity contribution in [2.75, 3.05) is 19.7 Å². The molecule has 100 valence electrons. The molecule has 1 aromatic rings. The van der Waals surface area contributed by atoms with Crippen LogP contribution in [0.4, 0.5) is 4.39 Å². The Hall–Kier alpha value is -1.97. The van der Waals surface area contributed by atoms with Gasteiger partial charge in [0.05, 0.1) is 12.2 Å². The number of hydrogen-bond acceptors (Lipinski definition) is 4. The van der Waals surface area contributed by atoms with Crippen LogP contribution in [0.15, 0.2) is 18.2 Å². The lowest BCUT2D eigenvalue weighted by atomic mass is 10.1. The van der Waals surface area contributed by atoms with E-state index in [1.807, 2.05) is 4.90 Å². The minimum atomic E-state index is -1.02. The Morgan fingerprint density at radius 2 is 2.42 bits per heavy atom. The van der Waals surface area contributed by atoms with Crippen LogP contribution in [-0.4, -0.2) is 41.8 Å². The van der Waals surface area contributed by atoms with E-state index in [1.54, 1.807) is 18.2 Å². The number of carboxylic acids is 1. The third-order valence-corrected chi connectivity index (χ3v) is 3.02. The van der Waals surface area contributed by atoms with Crippen LogP contribution in [0.3, 0.4) is 0 Å². The number of morpholine rings is 1. The SMILES string of the molecule is N#Cc1cccc(CN2CCOC(C(=O)O)C2)c1F. The number of ether oxygens (including phenoxy) is 1. The molecule has 1 aromatic carbocycles. The van der Waals surface area contributed by atoms with E-state index in [9.17, 15) is 9.18 Å². The topological polar surface area (TPSA) is 73.6 Å². The van der Waals surface area contributed by atoms with Crippen LogP contribution in [0.5, 0.6) is 0 Å². The van der Waals surface area contributed by atoms with Gasteiger partial charge in [-0.05, 0) is 6.07 Å². The third-order valence-electron chi connectivity index (χ3n) is 3.02. The molecule has 1 unspecified atom stereocenters. The van der Waals surface area contributed by atoms with E-state index in [0.29, 0.717) is 18.7 Å². The van der Waals surface area contributed by atoms with Crippen LogP contribution in [0.1, 0.15) is 11.1 Å². The quantitative estimate of drug-likeness (QED) is 0.881. The molecule has 1 N–H and O–H groups in total. The van der Waals surface area contributed by atoms with Crippen molar-refractivity contribution in [3.8, 4) is 6.07 Å². The highest BCUT2D eigenvalue weighted by molar-refractivity contribution is 5.72. The van der Waals surface area contributed by atoms with Crippen molar-refractivity contribution in [3.05, 3.63) is 35.1 Å². The highest BCUT2D eigenvalue weighted by Crippen LogP contribution is 2.16. The first-order chi connectivity index (χ1) is 9.11. The van der Waals surface area contributed by atoms with Crippen LogP contribution in [0, 0.1) is 17.1 Å². The first-order valence-electron chi connectivity index (χ1n) is 5.86. The zero-order valence-corrected chi connectivity index (χ0v) is 10.2. The molecule has 0 bridgehead atoms. The Morgan fingerprint density at radius 3 is 3.11 bits per heavy atom. The minimum Gasteiger partial charge on any atom is -0.479 e. The number of carboxylic acid groups (broad SMARTS) is 1. The van der Waals surface area contributed by atoms with Crippen molar-refractivity contribution < 1.29 is 19.0 Å². The van der Waals surface area contributed by atoms with Gasteiger partial charge in [-0.2, -0.15) is 5.26 Å².